The van der Waals surface area contributed by atoms with Crippen LogP contribution in [0.15, 0.2) is 42.6 Å². The minimum atomic E-state index is -0.107. The van der Waals surface area contributed by atoms with Crippen LogP contribution in [0.2, 0.25) is 15.1 Å². The molecule has 0 unspecified atom stereocenters. The van der Waals surface area contributed by atoms with Crippen LogP contribution < -0.4 is 0 Å². The normalized spacial score (nSPS) is 15.1. The quantitative estimate of drug-likeness (QED) is 0.389. The van der Waals surface area contributed by atoms with Gasteiger partial charge in [0.25, 0.3) is 0 Å². The maximum Gasteiger partial charge on any atom is 0.168 e. The van der Waals surface area contributed by atoms with Crippen LogP contribution in [0, 0.1) is 0 Å². The highest BCUT2D eigenvalue weighted by Crippen LogP contribution is 2.32. The fourth-order valence-corrected chi connectivity index (χ4v) is 4.31. The lowest BCUT2D eigenvalue weighted by Gasteiger charge is -2.21. The van der Waals surface area contributed by atoms with Gasteiger partial charge >= 0.3 is 0 Å². The third kappa shape index (κ3) is 3.85. The van der Waals surface area contributed by atoms with Crippen molar-refractivity contribution < 1.29 is 4.79 Å². The number of aromatic amines is 1. The van der Waals surface area contributed by atoms with E-state index >= 15 is 0 Å². The predicted molar refractivity (Wildman–Crippen MR) is 118 cm³/mol. The monoisotopic (exact) mass is 432 g/mol. The van der Waals surface area contributed by atoms with Crippen LogP contribution in [0.4, 0.5) is 0 Å². The summed E-state index contributed by atoms with van der Waals surface area (Å²) >= 11 is 18.3. The summed E-state index contributed by atoms with van der Waals surface area (Å²) in [6, 6.07) is 9.17. The molecular weight excluding hydrogens is 415 g/mol. The first-order valence-corrected chi connectivity index (χ1v) is 10.2. The van der Waals surface area contributed by atoms with Gasteiger partial charge in [0.2, 0.25) is 0 Å². The molecule has 0 fully saturated rings. The second-order valence-electron chi connectivity index (χ2n) is 7.17. The van der Waals surface area contributed by atoms with Gasteiger partial charge in [-0.15, -0.1) is 0 Å². The van der Waals surface area contributed by atoms with Crippen molar-refractivity contribution in [2.75, 3.05) is 20.1 Å². The summed E-state index contributed by atoms with van der Waals surface area (Å²) in [6.07, 6.45) is 5.58. The van der Waals surface area contributed by atoms with Gasteiger partial charge in [0.1, 0.15) is 0 Å². The van der Waals surface area contributed by atoms with E-state index in [9.17, 15) is 4.79 Å². The summed E-state index contributed by atoms with van der Waals surface area (Å²) in [4.78, 5) is 18.4. The van der Waals surface area contributed by atoms with Crippen molar-refractivity contribution in [1.82, 2.24) is 9.88 Å². The molecule has 3 aromatic rings. The Kier molecular flexibility index (Phi) is 5.52. The Balaban J connectivity index is 1.65. The Bertz CT molecular complexity index is 1100. The number of carbonyl (C=O) groups excluding carboxylic acids is 1. The number of nitrogens with one attached hydrogen (secondary N) is 1. The molecule has 0 radical (unpaired) electrons. The highest BCUT2D eigenvalue weighted by atomic mass is 35.5. The topological polar surface area (TPSA) is 36.1 Å². The van der Waals surface area contributed by atoms with Gasteiger partial charge in [-0.2, -0.15) is 0 Å². The molecular formula is C22H19Cl3N2O. The van der Waals surface area contributed by atoms with Crippen molar-refractivity contribution in [3.8, 4) is 0 Å². The minimum absolute atomic E-state index is 0.107. The van der Waals surface area contributed by atoms with Crippen LogP contribution in [-0.2, 0) is 6.42 Å². The summed E-state index contributed by atoms with van der Waals surface area (Å²) in [5, 5.41) is 2.07. The number of halogens is 3. The zero-order valence-electron chi connectivity index (χ0n) is 15.4. The number of hydrogen-bond acceptors (Lipinski definition) is 2. The van der Waals surface area contributed by atoms with Crippen molar-refractivity contribution in [2.45, 2.75) is 12.8 Å². The van der Waals surface area contributed by atoms with Crippen molar-refractivity contribution in [2.24, 2.45) is 0 Å². The lowest BCUT2D eigenvalue weighted by molar-refractivity contribution is 0.0993. The lowest BCUT2D eigenvalue weighted by Crippen LogP contribution is -2.23. The van der Waals surface area contributed by atoms with E-state index in [1.165, 1.54) is 17.2 Å². The van der Waals surface area contributed by atoms with Gasteiger partial charge in [-0.05, 0) is 48.9 Å². The van der Waals surface area contributed by atoms with Crippen LogP contribution in [0.25, 0.3) is 16.5 Å². The first-order chi connectivity index (χ1) is 13.4. The average Bonchev–Trinajstić information content (AvgIpc) is 3.08. The number of nitrogens with zero attached hydrogens (tertiary/aromatic N) is 1. The third-order valence-electron chi connectivity index (χ3n) is 5.16. The fourth-order valence-electron chi connectivity index (χ4n) is 3.60. The summed E-state index contributed by atoms with van der Waals surface area (Å²) in [5.41, 5.74) is 4.90. The number of rotatable bonds is 4. The number of fused-ring (bicyclic) bond motifs is 1. The number of benzene rings is 2. The van der Waals surface area contributed by atoms with Gasteiger partial charge < -0.3 is 9.88 Å². The molecule has 1 aliphatic heterocycles. The second-order valence-corrected chi connectivity index (χ2v) is 8.39. The summed E-state index contributed by atoms with van der Waals surface area (Å²) in [7, 11) is 2.12. The highest BCUT2D eigenvalue weighted by molar-refractivity contribution is 6.45. The molecule has 28 heavy (non-hydrogen) atoms. The molecule has 3 nitrogen and oxygen atoms in total. The van der Waals surface area contributed by atoms with Gasteiger partial charge in [-0.3, -0.25) is 4.79 Å². The SMILES string of the molecule is CN1CC=C(c2c[nH]c3ccc(CC(=O)c4cc(Cl)cc(Cl)c4Cl)cc23)CC1. The Morgan fingerprint density at radius 3 is 2.75 bits per heavy atom. The molecule has 1 aromatic heterocycles. The Labute approximate surface area is 178 Å². The van der Waals surface area contributed by atoms with Gasteiger partial charge in [0, 0.05) is 52.8 Å². The first-order valence-electron chi connectivity index (χ1n) is 9.08. The van der Waals surface area contributed by atoms with Gasteiger partial charge in [0.05, 0.1) is 10.0 Å². The van der Waals surface area contributed by atoms with Crippen molar-refractivity contribution in [1.29, 1.82) is 0 Å². The number of hydrogen-bond donors (Lipinski definition) is 1. The lowest BCUT2D eigenvalue weighted by atomic mass is 9.96. The van der Waals surface area contributed by atoms with Crippen molar-refractivity contribution >= 4 is 57.1 Å². The van der Waals surface area contributed by atoms with Gasteiger partial charge in [-0.1, -0.05) is 46.9 Å². The molecule has 0 amide bonds. The van der Waals surface area contributed by atoms with E-state index < -0.39 is 0 Å². The number of likely N-dealkylation sites (N-methyl/N-ethyl adjacent to an activating group) is 1. The van der Waals surface area contributed by atoms with Crippen LogP contribution in [0.5, 0.6) is 0 Å². The average molecular weight is 434 g/mol. The zero-order valence-corrected chi connectivity index (χ0v) is 17.6. The van der Waals surface area contributed by atoms with Gasteiger partial charge in [0.15, 0.2) is 5.78 Å². The molecule has 0 saturated carbocycles. The van der Waals surface area contributed by atoms with E-state index in [2.05, 4.69) is 35.3 Å². The number of ketones is 1. The van der Waals surface area contributed by atoms with E-state index in [0.717, 1.165) is 36.0 Å². The van der Waals surface area contributed by atoms with E-state index in [-0.39, 0.29) is 22.2 Å². The van der Waals surface area contributed by atoms with E-state index in [1.807, 2.05) is 12.1 Å². The van der Waals surface area contributed by atoms with Crippen LogP contribution >= 0.6 is 34.8 Å². The van der Waals surface area contributed by atoms with Crippen LogP contribution in [0.3, 0.4) is 0 Å². The highest BCUT2D eigenvalue weighted by Gasteiger charge is 2.17. The minimum Gasteiger partial charge on any atom is -0.361 e. The molecule has 0 bridgehead atoms. The molecule has 1 aliphatic rings. The standard InChI is InChI=1S/C22H19Cl3N2O/c1-27-6-4-14(5-7-27)18-12-26-20-3-2-13(8-16(18)20)9-21(28)17-10-15(23)11-19(24)22(17)25/h2-4,8,10-12,26H,5-7,9H2,1H3. The molecule has 0 aliphatic carbocycles. The van der Waals surface area contributed by atoms with E-state index in [0.29, 0.717) is 10.6 Å². The molecule has 2 heterocycles. The Morgan fingerprint density at radius 1 is 1.18 bits per heavy atom. The molecule has 0 atom stereocenters. The first kappa shape index (κ1) is 19.5. The largest absolute Gasteiger partial charge is 0.361 e. The second kappa shape index (κ2) is 7.92. The summed E-state index contributed by atoms with van der Waals surface area (Å²) < 4.78 is 0. The predicted octanol–water partition coefficient (Wildman–Crippen LogP) is 6.27. The number of Topliss-reactive ketones (excluding diaryl/α,β-unsaturated/α-hetero) is 1. The molecule has 144 valence electrons. The third-order valence-corrected chi connectivity index (χ3v) is 6.18. The van der Waals surface area contributed by atoms with E-state index in [4.69, 9.17) is 34.8 Å². The molecule has 6 heteroatoms. The molecule has 0 spiro atoms. The molecule has 0 saturated heterocycles. The molecule has 4 rings (SSSR count). The van der Waals surface area contributed by atoms with Crippen molar-refractivity contribution in [3.05, 3.63) is 74.4 Å². The maximum atomic E-state index is 12.8. The fraction of sp³-hybridized carbons (Fsp3) is 0.227. The van der Waals surface area contributed by atoms with E-state index in [1.54, 1.807) is 6.07 Å². The Hall–Kier alpha value is -1.78. The Morgan fingerprint density at radius 2 is 2.00 bits per heavy atom. The number of carbonyl (C=O) groups is 1. The zero-order chi connectivity index (χ0) is 19.8. The maximum absolute atomic E-state index is 12.8. The molecule has 2 aromatic carbocycles. The van der Waals surface area contributed by atoms with Crippen molar-refractivity contribution in [3.63, 3.8) is 0 Å². The van der Waals surface area contributed by atoms with Gasteiger partial charge in [-0.25, -0.2) is 0 Å². The smallest absolute Gasteiger partial charge is 0.168 e. The number of H-pyrrole nitrogens is 1. The van der Waals surface area contributed by atoms with Crippen LogP contribution in [-0.4, -0.2) is 35.8 Å². The summed E-state index contributed by atoms with van der Waals surface area (Å²) in [6.45, 7) is 2.00. The summed E-state index contributed by atoms with van der Waals surface area (Å²) in [5.74, 6) is -0.107. The molecule has 1 N–H and O–H groups in total. The number of aromatic nitrogens is 1. The van der Waals surface area contributed by atoms with Crippen LogP contribution in [0.1, 0.15) is 27.9 Å².